The fourth-order valence-electron chi connectivity index (χ4n) is 2.31. The molecule has 22 heavy (non-hydrogen) atoms. The summed E-state index contributed by atoms with van der Waals surface area (Å²) in [5.74, 6) is 0.221. The number of allylic oxidation sites excluding steroid dienone is 2. The molecule has 122 valence electrons. The minimum atomic E-state index is -0.0736. The van der Waals surface area contributed by atoms with Crippen molar-refractivity contribution in [3.05, 3.63) is 52.1 Å². The third-order valence-corrected chi connectivity index (χ3v) is 3.58. The lowest BCUT2D eigenvalue weighted by Gasteiger charge is -2.12. The Morgan fingerprint density at radius 1 is 1.27 bits per heavy atom. The van der Waals surface area contributed by atoms with E-state index in [0.717, 1.165) is 27.8 Å². The molecule has 5 heteroatoms. The van der Waals surface area contributed by atoms with Crippen LogP contribution in [0.5, 0.6) is 5.75 Å². The standard InChI is InChI=1S/C17H23IO4/c1-12(4-3-5-19)6-14(10-20)9-15-7-13(2)8-16(11-22-18)17(15)21/h4,6-8,19-21H,3,5,9-11H2,1-2H3/b12-4-,14-6-. The van der Waals surface area contributed by atoms with Gasteiger partial charge < -0.3 is 18.4 Å². The average molecular weight is 418 g/mol. The molecule has 3 N–H and O–H groups in total. The van der Waals surface area contributed by atoms with E-state index in [1.807, 2.05) is 38.1 Å². The molecule has 1 rings (SSSR count). The smallest absolute Gasteiger partial charge is 0.124 e. The third-order valence-electron chi connectivity index (χ3n) is 3.27. The highest BCUT2D eigenvalue weighted by Gasteiger charge is 2.10. The number of phenolic OH excluding ortho intramolecular Hbond substituents is 1. The molecule has 0 atom stereocenters. The highest BCUT2D eigenvalue weighted by atomic mass is 127. The Hall–Kier alpha value is -0.890. The first-order valence-electron chi connectivity index (χ1n) is 7.14. The summed E-state index contributed by atoms with van der Waals surface area (Å²) in [5, 5.41) is 28.7. The predicted molar refractivity (Wildman–Crippen MR) is 96.0 cm³/mol. The van der Waals surface area contributed by atoms with Crippen LogP contribution in [0.2, 0.25) is 0 Å². The first-order chi connectivity index (χ1) is 10.5. The molecule has 0 aromatic heterocycles. The fourth-order valence-corrected chi connectivity index (χ4v) is 2.64. The molecule has 0 aliphatic carbocycles. The van der Waals surface area contributed by atoms with Crippen molar-refractivity contribution in [3.63, 3.8) is 0 Å². The van der Waals surface area contributed by atoms with Crippen LogP contribution in [-0.4, -0.2) is 28.5 Å². The van der Waals surface area contributed by atoms with Gasteiger partial charge in [-0.3, -0.25) is 0 Å². The lowest BCUT2D eigenvalue weighted by atomic mass is 9.98. The average Bonchev–Trinajstić information content (AvgIpc) is 2.49. The minimum absolute atomic E-state index is 0.0736. The third kappa shape index (κ3) is 6.08. The zero-order valence-electron chi connectivity index (χ0n) is 13.0. The van der Waals surface area contributed by atoms with E-state index in [1.54, 1.807) is 23.0 Å². The number of benzene rings is 1. The van der Waals surface area contributed by atoms with Gasteiger partial charge in [-0.05, 0) is 37.8 Å². The summed E-state index contributed by atoms with van der Waals surface area (Å²) >= 11 is 1.80. The number of hydrogen-bond acceptors (Lipinski definition) is 4. The van der Waals surface area contributed by atoms with Crippen molar-refractivity contribution >= 4 is 23.0 Å². The van der Waals surface area contributed by atoms with Crippen LogP contribution >= 0.6 is 23.0 Å². The number of aromatic hydroxyl groups is 1. The maximum Gasteiger partial charge on any atom is 0.124 e. The second-order valence-electron chi connectivity index (χ2n) is 5.28. The number of aliphatic hydroxyl groups is 2. The van der Waals surface area contributed by atoms with Gasteiger partial charge in [-0.1, -0.05) is 35.4 Å². The van der Waals surface area contributed by atoms with Gasteiger partial charge in [-0.25, -0.2) is 0 Å². The van der Waals surface area contributed by atoms with E-state index in [2.05, 4.69) is 0 Å². The molecule has 0 heterocycles. The van der Waals surface area contributed by atoms with Crippen molar-refractivity contribution < 1.29 is 18.4 Å². The van der Waals surface area contributed by atoms with Crippen LogP contribution in [0.4, 0.5) is 0 Å². The Morgan fingerprint density at radius 2 is 1.95 bits per heavy atom. The second-order valence-corrected chi connectivity index (χ2v) is 5.91. The van der Waals surface area contributed by atoms with Gasteiger partial charge >= 0.3 is 0 Å². The Bertz CT molecular complexity index is 550. The number of aryl methyl sites for hydroxylation is 1. The summed E-state index contributed by atoms with van der Waals surface area (Å²) in [6, 6.07) is 3.81. The maximum absolute atomic E-state index is 10.3. The first kappa shape index (κ1) is 19.2. The molecule has 0 amide bonds. The molecule has 0 aliphatic heterocycles. The van der Waals surface area contributed by atoms with E-state index in [1.165, 1.54) is 0 Å². The molecule has 0 unspecified atom stereocenters. The highest BCUT2D eigenvalue weighted by molar-refractivity contribution is 14.1. The van der Waals surface area contributed by atoms with Gasteiger partial charge in [0.05, 0.1) is 13.2 Å². The SMILES string of the molecule is CC(=C/CCO)/C=C(\CO)Cc1cc(C)cc(COI)c1O. The molecule has 4 nitrogen and oxygen atoms in total. The van der Waals surface area contributed by atoms with E-state index < -0.39 is 0 Å². The Balaban J connectivity index is 3.03. The number of halogens is 1. The van der Waals surface area contributed by atoms with Gasteiger partial charge in [0.15, 0.2) is 0 Å². The van der Waals surface area contributed by atoms with E-state index in [4.69, 9.17) is 8.17 Å². The molecule has 0 radical (unpaired) electrons. The normalized spacial score (nSPS) is 12.8. The van der Waals surface area contributed by atoms with Gasteiger partial charge in [-0.15, -0.1) is 0 Å². The first-order valence-corrected chi connectivity index (χ1v) is 8.02. The fraction of sp³-hybridized carbons (Fsp3) is 0.412. The molecule has 0 fully saturated rings. The summed E-state index contributed by atoms with van der Waals surface area (Å²) in [5.41, 5.74) is 4.36. The van der Waals surface area contributed by atoms with Crippen molar-refractivity contribution in [2.45, 2.75) is 33.3 Å². The van der Waals surface area contributed by atoms with Gasteiger partial charge in [0, 0.05) is 12.2 Å². The van der Waals surface area contributed by atoms with Crippen LogP contribution in [0, 0.1) is 6.92 Å². The second kappa shape index (κ2) is 9.99. The zero-order valence-corrected chi connectivity index (χ0v) is 15.1. The van der Waals surface area contributed by atoms with Crippen LogP contribution in [-0.2, 0) is 16.1 Å². The quantitative estimate of drug-likeness (QED) is 0.448. The molecule has 1 aromatic rings. The van der Waals surface area contributed by atoms with Crippen molar-refractivity contribution in [1.82, 2.24) is 0 Å². The molecular weight excluding hydrogens is 395 g/mol. The topological polar surface area (TPSA) is 69.9 Å². The van der Waals surface area contributed by atoms with Crippen molar-refractivity contribution in [3.8, 4) is 5.75 Å². The van der Waals surface area contributed by atoms with Crippen molar-refractivity contribution in [2.24, 2.45) is 0 Å². The van der Waals surface area contributed by atoms with E-state index in [0.29, 0.717) is 19.4 Å². The van der Waals surface area contributed by atoms with Crippen LogP contribution < -0.4 is 0 Å². The van der Waals surface area contributed by atoms with Gasteiger partial charge in [0.1, 0.15) is 28.8 Å². The molecular formula is C17H23IO4. The van der Waals surface area contributed by atoms with Crippen LogP contribution in [0.3, 0.4) is 0 Å². The Morgan fingerprint density at radius 3 is 2.55 bits per heavy atom. The highest BCUT2D eigenvalue weighted by Crippen LogP contribution is 2.28. The summed E-state index contributed by atoms with van der Waals surface area (Å²) in [7, 11) is 0. The maximum atomic E-state index is 10.3. The van der Waals surface area contributed by atoms with Gasteiger partial charge in [-0.2, -0.15) is 0 Å². The predicted octanol–water partition coefficient (Wildman–Crippen LogP) is 3.36. The van der Waals surface area contributed by atoms with Gasteiger partial charge in [0.2, 0.25) is 0 Å². The summed E-state index contributed by atoms with van der Waals surface area (Å²) in [6.07, 6.45) is 4.88. The number of phenols is 1. The van der Waals surface area contributed by atoms with Crippen molar-refractivity contribution in [1.29, 1.82) is 0 Å². The monoisotopic (exact) mass is 418 g/mol. The number of hydrogen-bond donors (Lipinski definition) is 3. The lowest BCUT2D eigenvalue weighted by Crippen LogP contribution is -2.00. The van der Waals surface area contributed by atoms with Gasteiger partial charge in [0.25, 0.3) is 0 Å². The largest absolute Gasteiger partial charge is 0.507 e. The number of aliphatic hydroxyl groups excluding tert-OH is 2. The summed E-state index contributed by atoms with van der Waals surface area (Å²) in [4.78, 5) is 0. The van der Waals surface area contributed by atoms with E-state index in [-0.39, 0.29) is 19.0 Å². The van der Waals surface area contributed by atoms with E-state index in [9.17, 15) is 10.2 Å². The lowest BCUT2D eigenvalue weighted by molar-refractivity contribution is 0.302. The minimum Gasteiger partial charge on any atom is -0.507 e. The van der Waals surface area contributed by atoms with Crippen LogP contribution in [0.15, 0.2) is 35.4 Å². The molecule has 0 saturated carbocycles. The molecule has 0 spiro atoms. The summed E-state index contributed by atoms with van der Waals surface area (Å²) in [6.45, 7) is 4.27. The Kier molecular flexibility index (Phi) is 8.70. The molecule has 0 saturated heterocycles. The van der Waals surface area contributed by atoms with E-state index >= 15 is 0 Å². The number of rotatable bonds is 8. The summed E-state index contributed by atoms with van der Waals surface area (Å²) < 4.78 is 5.07. The molecule has 0 aliphatic rings. The van der Waals surface area contributed by atoms with Crippen LogP contribution in [0.1, 0.15) is 30.0 Å². The molecule has 1 aromatic carbocycles. The molecule has 0 bridgehead atoms. The van der Waals surface area contributed by atoms with Crippen LogP contribution in [0.25, 0.3) is 0 Å². The Labute approximate surface area is 145 Å². The zero-order chi connectivity index (χ0) is 16.5. The van der Waals surface area contributed by atoms with Crippen molar-refractivity contribution in [2.75, 3.05) is 13.2 Å².